The molecule has 13 heteroatoms. The second kappa shape index (κ2) is 10.2. The number of alkyl halides is 2. The summed E-state index contributed by atoms with van der Waals surface area (Å²) in [4.78, 5) is 34.9. The lowest BCUT2D eigenvalue weighted by Crippen LogP contribution is -2.43. The van der Waals surface area contributed by atoms with Gasteiger partial charge in [0.25, 0.3) is 5.92 Å². The lowest BCUT2D eigenvalue weighted by molar-refractivity contribution is -0.142. The molecule has 0 spiro atoms. The van der Waals surface area contributed by atoms with Crippen LogP contribution in [0.2, 0.25) is 10.0 Å². The second-order valence-corrected chi connectivity index (χ2v) is 9.68. The summed E-state index contributed by atoms with van der Waals surface area (Å²) in [5.74, 6) is -5.00. The minimum absolute atomic E-state index is 0.0377. The van der Waals surface area contributed by atoms with Gasteiger partial charge in [-0.2, -0.15) is 0 Å². The van der Waals surface area contributed by atoms with Gasteiger partial charge in [-0.15, -0.1) is 11.3 Å². The number of hydrogen-bond acceptors (Lipinski definition) is 8. The second-order valence-electron chi connectivity index (χ2n) is 7.94. The van der Waals surface area contributed by atoms with Crippen LogP contribution >= 0.6 is 34.5 Å². The van der Waals surface area contributed by atoms with Crippen molar-refractivity contribution in [3.05, 3.63) is 61.7 Å². The average molecular weight is 545 g/mol. The van der Waals surface area contributed by atoms with Crippen molar-refractivity contribution < 1.29 is 28.2 Å². The fourth-order valence-electron chi connectivity index (χ4n) is 4.06. The van der Waals surface area contributed by atoms with E-state index in [0.717, 1.165) is 4.90 Å². The number of ether oxygens (including phenoxy) is 1. The lowest BCUT2D eigenvalue weighted by Gasteiger charge is -2.30. The molecule has 1 saturated heterocycles. The maximum atomic E-state index is 14.2. The molecule has 2 aliphatic rings. The molecule has 2 N–H and O–H groups in total. The topological polar surface area (TPSA) is 104 Å². The third-order valence-corrected chi connectivity index (χ3v) is 6.87. The summed E-state index contributed by atoms with van der Waals surface area (Å²) in [5.41, 5.74) is 0.660. The molecule has 0 saturated carbocycles. The number of amidine groups is 1. The van der Waals surface area contributed by atoms with Gasteiger partial charge in [0, 0.05) is 45.8 Å². The van der Waals surface area contributed by atoms with Gasteiger partial charge in [-0.3, -0.25) is 14.7 Å². The number of thiazole rings is 1. The van der Waals surface area contributed by atoms with E-state index in [-0.39, 0.29) is 35.3 Å². The van der Waals surface area contributed by atoms with Crippen LogP contribution < -0.4 is 5.32 Å². The van der Waals surface area contributed by atoms with Gasteiger partial charge in [-0.05, 0) is 19.1 Å². The highest BCUT2D eigenvalue weighted by Gasteiger charge is 2.49. The molecule has 0 bridgehead atoms. The maximum Gasteiger partial charge on any atom is 0.338 e. The number of carboxylic acids is 1. The van der Waals surface area contributed by atoms with Crippen molar-refractivity contribution in [1.29, 1.82) is 0 Å². The number of carbonyl (C=O) groups is 2. The van der Waals surface area contributed by atoms with E-state index in [9.17, 15) is 23.5 Å². The van der Waals surface area contributed by atoms with Crippen molar-refractivity contribution in [3.63, 3.8) is 0 Å². The van der Waals surface area contributed by atoms with E-state index in [2.05, 4.69) is 15.3 Å². The Morgan fingerprint density at radius 3 is 2.77 bits per heavy atom. The Morgan fingerprint density at radius 2 is 2.14 bits per heavy atom. The summed E-state index contributed by atoms with van der Waals surface area (Å²) in [6.07, 6.45) is 0.741. The van der Waals surface area contributed by atoms with Crippen molar-refractivity contribution in [2.45, 2.75) is 31.4 Å². The molecule has 0 radical (unpaired) electrons. The van der Waals surface area contributed by atoms with Crippen LogP contribution in [0, 0.1) is 0 Å². The van der Waals surface area contributed by atoms with E-state index < -0.39 is 42.9 Å². The fourth-order valence-corrected chi connectivity index (χ4v) is 5.16. The Bertz CT molecular complexity index is 1210. The number of nitrogens with zero attached hydrogens (tertiary/aromatic N) is 3. The normalized spacial score (nSPS) is 22.0. The largest absolute Gasteiger partial charge is 0.480 e. The van der Waals surface area contributed by atoms with Gasteiger partial charge in [0.2, 0.25) is 0 Å². The number of esters is 1. The first-order chi connectivity index (χ1) is 16.6. The highest BCUT2D eigenvalue weighted by molar-refractivity contribution is 7.11. The zero-order valence-corrected chi connectivity index (χ0v) is 20.6. The molecule has 0 unspecified atom stereocenters. The summed E-state index contributed by atoms with van der Waals surface area (Å²) < 4.78 is 33.6. The van der Waals surface area contributed by atoms with E-state index in [1.165, 1.54) is 17.4 Å². The minimum atomic E-state index is -3.19. The minimum Gasteiger partial charge on any atom is -0.480 e. The van der Waals surface area contributed by atoms with Crippen LogP contribution in [0.3, 0.4) is 0 Å². The number of benzene rings is 1. The number of rotatable bonds is 7. The predicted octanol–water partition coefficient (Wildman–Crippen LogP) is 4.15. The summed E-state index contributed by atoms with van der Waals surface area (Å²) in [5, 5.41) is 15.4. The molecule has 0 amide bonds. The summed E-state index contributed by atoms with van der Waals surface area (Å²) in [6.45, 7) is 0.623. The molecule has 1 fully saturated rings. The van der Waals surface area contributed by atoms with Gasteiger partial charge in [-0.25, -0.2) is 18.6 Å². The quantitative estimate of drug-likeness (QED) is 0.504. The van der Waals surface area contributed by atoms with Crippen molar-refractivity contribution in [3.8, 4) is 0 Å². The highest BCUT2D eigenvalue weighted by atomic mass is 35.5. The first-order valence-corrected chi connectivity index (χ1v) is 12.2. The lowest BCUT2D eigenvalue weighted by atomic mass is 9.95. The van der Waals surface area contributed by atoms with Gasteiger partial charge in [0.05, 0.1) is 18.7 Å². The first-order valence-electron chi connectivity index (χ1n) is 10.5. The number of nitrogens with one attached hydrogen (secondary N) is 1. The monoisotopic (exact) mass is 544 g/mol. The predicted molar refractivity (Wildman–Crippen MR) is 127 cm³/mol. The van der Waals surface area contributed by atoms with Gasteiger partial charge >= 0.3 is 11.9 Å². The van der Waals surface area contributed by atoms with E-state index in [0.29, 0.717) is 15.6 Å². The van der Waals surface area contributed by atoms with Crippen LogP contribution in [0.25, 0.3) is 0 Å². The Labute approximate surface area is 213 Å². The van der Waals surface area contributed by atoms with Crippen molar-refractivity contribution in [2.75, 3.05) is 19.7 Å². The molecular formula is C22H20Cl2F2N4O4S. The SMILES string of the molecule is CCOC(=O)C1=C(CN2CC(F)(F)C[C@H]2C(=O)O)NC(c2nccs2)=N[C@H]1c1ccc(Cl)cc1Cl. The van der Waals surface area contributed by atoms with Crippen molar-refractivity contribution >= 4 is 52.3 Å². The zero-order valence-electron chi connectivity index (χ0n) is 18.3. The van der Waals surface area contributed by atoms with Crippen LogP contribution in [-0.2, 0) is 14.3 Å². The molecule has 8 nitrogen and oxygen atoms in total. The van der Waals surface area contributed by atoms with E-state index in [1.54, 1.807) is 30.6 Å². The van der Waals surface area contributed by atoms with Gasteiger partial charge < -0.3 is 15.2 Å². The van der Waals surface area contributed by atoms with Crippen LogP contribution in [-0.4, -0.2) is 64.4 Å². The third kappa shape index (κ3) is 5.48. The van der Waals surface area contributed by atoms with Crippen LogP contribution in [0.5, 0.6) is 0 Å². The molecule has 4 rings (SSSR count). The standard InChI is InChI=1S/C22H20Cl2F2N4O4S/c1-2-34-21(33)16-14(9-30-10-22(25,26)8-15(30)20(31)32)28-18(19-27-5-6-35-19)29-17(16)12-4-3-11(23)7-13(12)24/h3-7,15,17H,2,8-10H2,1H3,(H,28,29)(H,31,32)/t15-,17-/m0/s1. The van der Waals surface area contributed by atoms with Crippen LogP contribution in [0.1, 0.15) is 30.0 Å². The maximum absolute atomic E-state index is 14.2. The molecule has 3 heterocycles. The van der Waals surface area contributed by atoms with Crippen LogP contribution in [0.15, 0.2) is 46.0 Å². The van der Waals surface area contributed by atoms with Gasteiger partial charge in [0.15, 0.2) is 10.8 Å². The van der Waals surface area contributed by atoms with Crippen molar-refractivity contribution in [1.82, 2.24) is 15.2 Å². The van der Waals surface area contributed by atoms with Gasteiger partial charge in [-0.1, -0.05) is 29.3 Å². The molecule has 1 aromatic heterocycles. The Balaban J connectivity index is 1.84. The van der Waals surface area contributed by atoms with Gasteiger partial charge in [0.1, 0.15) is 12.1 Å². The molecule has 186 valence electrons. The van der Waals surface area contributed by atoms with E-state index in [1.807, 2.05) is 0 Å². The zero-order chi connectivity index (χ0) is 25.3. The fraction of sp³-hybridized carbons (Fsp3) is 0.364. The van der Waals surface area contributed by atoms with Crippen LogP contribution in [0.4, 0.5) is 8.78 Å². The number of aliphatic imine (C=N–C) groups is 1. The average Bonchev–Trinajstić information content (AvgIpc) is 3.41. The Hall–Kier alpha value is -2.60. The summed E-state index contributed by atoms with van der Waals surface area (Å²) in [7, 11) is 0. The number of carboxylic acid groups (broad SMARTS) is 1. The number of aliphatic carboxylic acids is 1. The molecular weight excluding hydrogens is 525 g/mol. The third-order valence-electron chi connectivity index (χ3n) is 5.53. The molecule has 35 heavy (non-hydrogen) atoms. The highest BCUT2D eigenvalue weighted by Crippen LogP contribution is 2.39. The van der Waals surface area contributed by atoms with Crippen molar-refractivity contribution in [2.24, 2.45) is 4.99 Å². The Morgan fingerprint density at radius 1 is 1.37 bits per heavy atom. The molecule has 0 aliphatic carbocycles. The van der Waals surface area contributed by atoms with E-state index in [4.69, 9.17) is 27.9 Å². The number of likely N-dealkylation sites (tertiary alicyclic amines) is 1. The first kappa shape index (κ1) is 25.5. The van der Waals surface area contributed by atoms with E-state index >= 15 is 0 Å². The number of halogens is 4. The smallest absolute Gasteiger partial charge is 0.338 e. The molecule has 1 aromatic carbocycles. The summed E-state index contributed by atoms with van der Waals surface area (Å²) in [6, 6.07) is 2.31. The molecule has 2 aliphatic heterocycles. The number of hydrogen-bond donors (Lipinski definition) is 2. The Kier molecular flexibility index (Phi) is 7.41. The molecule has 2 atom stereocenters. The number of aromatic nitrogens is 1. The summed E-state index contributed by atoms with van der Waals surface area (Å²) >= 11 is 13.8. The number of carbonyl (C=O) groups excluding carboxylic acids is 1. The molecule has 2 aromatic rings.